The Morgan fingerprint density at radius 3 is 2.45 bits per heavy atom. The number of anilines is 1. The Balaban J connectivity index is 1.54. The maximum atomic E-state index is 5.45. The molecule has 2 N–H and O–H groups in total. The second kappa shape index (κ2) is 6.97. The summed E-state index contributed by atoms with van der Waals surface area (Å²) < 4.78 is 10.8. The van der Waals surface area contributed by atoms with Crippen molar-refractivity contribution in [3.63, 3.8) is 0 Å². The zero-order valence-electron chi connectivity index (χ0n) is 16.8. The lowest BCUT2D eigenvalue weighted by molar-refractivity contribution is 0.313. The van der Waals surface area contributed by atoms with Gasteiger partial charge in [0.05, 0.1) is 30.8 Å². The molecule has 150 valence electrons. The molecule has 1 aliphatic heterocycles. The van der Waals surface area contributed by atoms with Crippen LogP contribution >= 0.6 is 0 Å². The molecule has 5 rings (SSSR count). The number of likely N-dealkylation sites (N-methyl/N-ethyl adjacent to an activating group) is 1. The fraction of sp³-hybridized carbons (Fsp3) is 0.333. The number of methoxy groups -OCH3 is 2. The number of hydrogen-bond acceptors (Lipinski definition) is 6. The quantitative estimate of drug-likeness (QED) is 0.556. The molecule has 0 amide bonds. The first-order valence-electron chi connectivity index (χ1n) is 9.70. The summed E-state index contributed by atoms with van der Waals surface area (Å²) in [5.41, 5.74) is 4.78. The van der Waals surface area contributed by atoms with E-state index in [1.807, 2.05) is 12.1 Å². The first kappa shape index (κ1) is 17.8. The predicted octanol–water partition coefficient (Wildman–Crippen LogP) is 2.88. The first-order valence-corrected chi connectivity index (χ1v) is 9.70. The Morgan fingerprint density at radius 1 is 0.931 bits per heavy atom. The predicted molar refractivity (Wildman–Crippen MR) is 114 cm³/mol. The van der Waals surface area contributed by atoms with Gasteiger partial charge in [-0.25, -0.2) is 4.98 Å². The molecule has 1 aliphatic rings. The van der Waals surface area contributed by atoms with Crippen molar-refractivity contribution in [2.45, 2.75) is 0 Å². The lowest BCUT2D eigenvalue weighted by atomic mass is 10.2. The molecule has 4 aromatic rings. The van der Waals surface area contributed by atoms with Crippen LogP contribution in [0, 0.1) is 0 Å². The maximum absolute atomic E-state index is 5.45. The number of aromatic nitrogens is 4. The molecule has 0 unspecified atom stereocenters. The molecule has 0 radical (unpaired) electrons. The van der Waals surface area contributed by atoms with Crippen LogP contribution in [0.2, 0.25) is 0 Å². The Labute approximate surface area is 168 Å². The lowest BCUT2D eigenvalue weighted by Gasteiger charge is -2.34. The largest absolute Gasteiger partial charge is 0.493 e. The van der Waals surface area contributed by atoms with Gasteiger partial charge in [-0.1, -0.05) is 0 Å². The second-order valence-electron chi connectivity index (χ2n) is 7.40. The molecule has 0 spiro atoms. The van der Waals surface area contributed by atoms with Gasteiger partial charge in [0, 0.05) is 43.3 Å². The third-order valence-corrected chi connectivity index (χ3v) is 5.63. The van der Waals surface area contributed by atoms with Crippen LogP contribution in [0.4, 0.5) is 5.69 Å². The molecule has 0 aliphatic carbocycles. The molecule has 8 nitrogen and oxygen atoms in total. The Hall–Kier alpha value is -3.26. The van der Waals surface area contributed by atoms with Crippen molar-refractivity contribution in [3.8, 4) is 23.0 Å². The molecule has 8 heteroatoms. The van der Waals surface area contributed by atoms with Crippen LogP contribution in [-0.4, -0.2) is 72.5 Å². The summed E-state index contributed by atoms with van der Waals surface area (Å²) in [6.07, 6.45) is 0. The highest BCUT2D eigenvalue weighted by Crippen LogP contribution is 2.35. The number of H-pyrrole nitrogens is 2. The highest BCUT2D eigenvalue weighted by molar-refractivity contribution is 5.95. The minimum atomic E-state index is 0.663. The lowest BCUT2D eigenvalue weighted by Crippen LogP contribution is -2.44. The molecule has 2 aromatic heterocycles. The van der Waals surface area contributed by atoms with E-state index in [4.69, 9.17) is 14.5 Å². The van der Waals surface area contributed by atoms with E-state index in [2.05, 4.69) is 50.2 Å². The van der Waals surface area contributed by atoms with E-state index in [0.717, 1.165) is 59.6 Å². The van der Waals surface area contributed by atoms with E-state index in [9.17, 15) is 0 Å². The van der Waals surface area contributed by atoms with Crippen LogP contribution in [0.5, 0.6) is 11.5 Å². The van der Waals surface area contributed by atoms with Crippen molar-refractivity contribution in [1.29, 1.82) is 0 Å². The van der Waals surface area contributed by atoms with Crippen LogP contribution < -0.4 is 14.4 Å². The average molecular weight is 392 g/mol. The highest BCUT2D eigenvalue weighted by Gasteiger charge is 2.18. The van der Waals surface area contributed by atoms with E-state index in [1.54, 1.807) is 14.2 Å². The number of ether oxygens (including phenoxy) is 2. The number of fused-ring (bicyclic) bond motifs is 2. The third-order valence-electron chi connectivity index (χ3n) is 5.63. The number of aromatic amines is 2. The smallest absolute Gasteiger partial charge is 0.162 e. The number of hydrogen-bond donors (Lipinski definition) is 2. The van der Waals surface area contributed by atoms with Gasteiger partial charge in [0.25, 0.3) is 0 Å². The zero-order valence-corrected chi connectivity index (χ0v) is 16.8. The minimum Gasteiger partial charge on any atom is -0.493 e. The first-order chi connectivity index (χ1) is 14.2. The Bertz CT molecular complexity index is 1170. The molecular formula is C21H24N6O2. The SMILES string of the molecule is COc1cc2[nH]nc(-c3nc4cc(N5CCN(C)CC5)ccc4[nH]3)c2cc1OC. The monoisotopic (exact) mass is 392 g/mol. The summed E-state index contributed by atoms with van der Waals surface area (Å²) in [6.45, 7) is 4.22. The number of imidazole rings is 1. The van der Waals surface area contributed by atoms with E-state index in [0.29, 0.717) is 11.5 Å². The summed E-state index contributed by atoms with van der Waals surface area (Å²) in [4.78, 5) is 13.0. The third kappa shape index (κ3) is 3.05. The van der Waals surface area contributed by atoms with Crippen molar-refractivity contribution in [1.82, 2.24) is 25.1 Å². The molecule has 0 atom stereocenters. The van der Waals surface area contributed by atoms with Gasteiger partial charge >= 0.3 is 0 Å². The fourth-order valence-electron chi connectivity index (χ4n) is 3.89. The number of rotatable bonds is 4. The van der Waals surface area contributed by atoms with Gasteiger partial charge in [-0.05, 0) is 31.3 Å². The molecule has 0 bridgehead atoms. The van der Waals surface area contributed by atoms with E-state index < -0.39 is 0 Å². The van der Waals surface area contributed by atoms with Gasteiger partial charge in [-0.15, -0.1) is 0 Å². The molecular weight excluding hydrogens is 368 g/mol. The standard InChI is InChI=1S/C21H24N6O2/c1-26-6-8-27(9-7-26)13-4-5-15-17(10-13)23-21(22-15)20-14-11-18(28-2)19(29-3)12-16(14)24-25-20/h4-5,10-12H,6-9H2,1-3H3,(H,22,23)(H,24,25). The normalized spacial score (nSPS) is 15.3. The molecule has 1 fully saturated rings. The van der Waals surface area contributed by atoms with Crippen molar-refractivity contribution >= 4 is 27.6 Å². The molecule has 2 aromatic carbocycles. The van der Waals surface area contributed by atoms with E-state index in [-0.39, 0.29) is 0 Å². The van der Waals surface area contributed by atoms with Crippen LogP contribution in [0.15, 0.2) is 30.3 Å². The number of benzene rings is 2. The molecule has 3 heterocycles. The average Bonchev–Trinajstić information content (AvgIpc) is 3.35. The summed E-state index contributed by atoms with van der Waals surface area (Å²) in [5.74, 6) is 2.06. The summed E-state index contributed by atoms with van der Waals surface area (Å²) in [6, 6.07) is 10.2. The van der Waals surface area contributed by atoms with E-state index in [1.165, 1.54) is 5.69 Å². The maximum Gasteiger partial charge on any atom is 0.162 e. The van der Waals surface area contributed by atoms with Gasteiger partial charge in [0.2, 0.25) is 0 Å². The number of nitrogens with zero attached hydrogens (tertiary/aromatic N) is 4. The Kier molecular flexibility index (Phi) is 4.28. The van der Waals surface area contributed by atoms with Gasteiger partial charge in [-0.3, -0.25) is 5.10 Å². The topological polar surface area (TPSA) is 82.3 Å². The van der Waals surface area contributed by atoms with Gasteiger partial charge in [0.15, 0.2) is 17.3 Å². The fourth-order valence-corrected chi connectivity index (χ4v) is 3.89. The van der Waals surface area contributed by atoms with Gasteiger partial charge in [-0.2, -0.15) is 5.10 Å². The van der Waals surface area contributed by atoms with Crippen molar-refractivity contribution < 1.29 is 9.47 Å². The summed E-state index contributed by atoms with van der Waals surface area (Å²) in [5, 5.41) is 8.48. The summed E-state index contributed by atoms with van der Waals surface area (Å²) in [7, 11) is 5.42. The Morgan fingerprint density at radius 2 is 1.69 bits per heavy atom. The highest BCUT2D eigenvalue weighted by atomic mass is 16.5. The molecule has 29 heavy (non-hydrogen) atoms. The van der Waals surface area contributed by atoms with Crippen molar-refractivity contribution in [3.05, 3.63) is 30.3 Å². The molecule has 0 saturated carbocycles. The number of nitrogens with one attached hydrogen (secondary N) is 2. The van der Waals surface area contributed by atoms with E-state index >= 15 is 0 Å². The van der Waals surface area contributed by atoms with Crippen molar-refractivity contribution in [2.75, 3.05) is 52.3 Å². The second-order valence-corrected chi connectivity index (χ2v) is 7.40. The van der Waals surface area contributed by atoms with Crippen LogP contribution in [-0.2, 0) is 0 Å². The van der Waals surface area contributed by atoms with Crippen LogP contribution in [0.25, 0.3) is 33.5 Å². The van der Waals surface area contributed by atoms with Crippen LogP contribution in [0.3, 0.4) is 0 Å². The number of piperazine rings is 1. The van der Waals surface area contributed by atoms with Gasteiger partial charge < -0.3 is 24.3 Å². The zero-order chi connectivity index (χ0) is 20.0. The van der Waals surface area contributed by atoms with Gasteiger partial charge in [0.1, 0.15) is 5.69 Å². The van der Waals surface area contributed by atoms with Crippen LogP contribution in [0.1, 0.15) is 0 Å². The molecule has 1 saturated heterocycles. The summed E-state index contributed by atoms with van der Waals surface area (Å²) >= 11 is 0. The van der Waals surface area contributed by atoms with Crippen molar-refractivity contribution in [2.24, 2.45) is 0 Å². The minimum absolute atomic E-state index is 0.663.